The summed E-state index contributed by atoms with van der Waals surface area (Å²) in [5, 5.41) is 11.6. The number of unbranched alkanes of at least 4 members (excludes halogenated alkanes) is 27. The number of carboxylic acids is 1. The van der Waals surface area contributed by atoms with E-state index >= 15 is 0 Å². The zero-order valence-electron chi connectivity index (χ0n) is 39.4. The molecule has 0 spiro atoms. The minimum absolute atomic E-state index is 0.0393. The van der Waals surface area contributed by atoms with E-state index in [1.807, 2.05) is 0 Å². The molecule has 59 heavy (non-hydrogen) atoms. The van der Waals surface area contributed by atoms with Gasteiger partial charge < -0.3 is 28.6 Å². The quantitative estimate of drug-likeness (QED) is 0.0260. The predicted octanol–water partition coefficient (Wildman–Crippen LogP) is 12.7. The van der Waals surface area contributed by atoms with Crippen LogP contribution in [0.5, 0.6) is 0 Å². The number of hydrogen-bond donors (Lipinski definition) is 0. The average Bonchev–Trinajstić information content (AvgIpc) is 3.19. The molecule has 0 fully saturated rings. The molecule has 0 aliphatic heterocycles. The normalized spacial score (nSPS) is 13.0. The third kappa shape index (κ3) is 41.0. The van der Waals surface area contributed by atoms with Crippen LogP contribution in [0.15, 0.2) is 24.3 Å². The Morgan fingerprint density at radius 3 is 1.25 bits per heavy atom. The van der Waals surface area contributed by atoms with Crippen LogP contribution in [0.2, 0.25) is 0 Å². The first-order valence-electron chi connectivity index (χ1n) is 24.9. The van der Waals surface area contributed by atoms with Gasteiger partial charge in [-0.1, -0.05) is 173 Å². The van der Waals surface area contributed by atoms with Gasteiger partial charge in [0.05, 0.1) is 40.3 Å². The number of rotatable bonds is 45. The molecule has 0 saturated carbocycles. The summed E-state index contributed by atoms with van der Waals surface area (Å²) in [5.74, 6) is -1.74. The highest BCUT2D eigenvalue weighted by atomic mass is 16.6. The van der Waals surface area contributed by atoms with E-state index in [2.05, 4.69) is 38.2 Å². The number of likely N-dealkylation sites (N-methyl/N-ethyl adjacent to an activating group) is 1. The Labute approximate surface area is 364 Å². The van der Waals surface area contributed by atoms with Crippen LogP contribution < -0.4 is 5.11 Å². The van der Waals surface area contributed by atoms with Gasteiger partial charge in [0, 0.05) is 19.3 Å². The van der Waals surface area contributed by atoms with Crippen molar-refractivity contribution in [2.24, 2.45) is 0 Å². The highest BCUT2D eigenvalue weighted by Crippen LogP contribution is 2.15. The van der Waals surface area contributed by atoms with Crippen molar-refractivity contribution in [3.63, 3.8) is 0 Å². The summed E-state index contributed by atoms with van der Waals surface area (Å²) in [6, 6.07) is -0.725. The predicted molar refractivity (Wildman–Crippen MR) is 245 cm³/mol. The van der Waals surface area contributed by atoms with Gasteiger partial charge in [-0.15, -0.1) is 0 Å². The second kappa shape index (κ2) is 42.5. The molecule has 0 bridgehead atoms. The molecule has 0 aromatic rings. The Kier molecular flexibility index (Phi) is 40.9. The molecular weight excluding hydrogens is 739 g/mol. The molecule has 8 heteroatoms. The lowest BCUT2D eigenvalue weighted by molar-refractivity contribution is -0.889. The van der Waals surface area contributed by atoms with Crippen LogP contribution in [0.3, 0.4) is 0 Å². The van der Waals surface area contributed by atoms with Gasteiger partial charge in [-0.2, -0.15) is 0 Å². The Morgan fingerprint density at radius 1 is 0.492 bits per heavy atom. The lowest BCUT2D eigenvalue weighted by atomic mass is 10.0. The molecule has 0 amide bonds. The molecule has 0 aromatic heterocycles. The SMILES string of the molecule is CCCCC/C=C/CCCCCCCC(=O)OCC(COCCC(C(=O)[O-])[N+](C)(C)C)OC(=O)CCCCCCCCC/C=C/CCCCCCCCCCCCCC. The number of carboxylic acid groups (broad SMARTS) is 1. The van der Waals surface area contributed by atoms with Crippen molar-refractivity contribution in [3.8, 4) is 0 Å². The summed E-state index contributed by atoms with van der Waals surface area (Å²) >= 11 is 0. The number of carbonyl (C=O) groups excluding carboxylic acids is 3. The van der Waals surface area contributed by atoms with Crippen LogP contribution in [0, 0.1) is 0 Å². The van der Waals surface area contributed by atoms with Gasteiger partial charge in [0.15, 0.2) is 6.10 Å². The Morgan fingerprint density at radius 2 is 0.847 bits per heavy atom. The number of nitrogens with zero attached hydrogens (tertiary/aromatic N) is 1. The maximum Gasteiger partial charge on any atom is 0.306 e. The highest BCUT2D eigenvalue weighted by molar-refractivity contribution is 5.70. The van der Waals surface area contributed by atoms with Gasteiger partial charge in [-0.05, 0) is 64.2 Å². The Bertz CT molecular complexity index is 1020. The van der Waals surface area contributed by atoms with Crippen LogP contribution in [-0.4, -0.2) is 75.5 Å². The lowest BCUT2D eigenvalue weighted by Crippen LogP contribution is -2.55. The van der Waals surface area contributed by atoms with E-state index in [9.17, 15) is 19.5 Å². The molecule has 0 radical (unpaired) electrons. The molecular formula is C51H95NO7. The molecule has 0 heterocycles. The maximum absolute atomic E-state index is 12.8. The zero-order valence-corrected chi connectivity index (χ0v) is 39.4. The van der Waals surface area contributed by atoms with Gasteiger partial charge >= 0.3 is 11.9 Å². The van der Waals surface area contributed by atoms with Crippen LogP contribution >= 0.6 is 0 Å². The summed E-state index contributed by atoms with van der Waals surface area (Å²) in [4.78, 5) is 36.9. The Balaban J connectivity index is 4.20. The number of esters is 2. The third-order valence-electron chi connectivity index (χ3n) is 11.3. The number of hydrogen-bond acceptors (Lipinski definition) is 7. The van der Waals surface area contributed by atoms with E-state index < -0.39 is 18.1 Å². The third-order valence-corrected chi connectivity index (χ3v) is 11.3. The molecule has 346 valence electrons. The van der Waals surface area contributed by atoms with Crippen LogP contribution in [0.25, 0.3) is 0 Å². The van der Waals surface area contributed by atoms with Crippen molar-refractivity contribution in [1.82, 2.24) is 0 Å². The second-order valence-corrected chi connectivity index (χ2v) is 18.0. The first-order chi connectivity index (χ1) is 28.6. The lowest BCUT2D eigenvalue weighted by Gasteiger charge is -2.34. The fourth-order valence-electron chi connectivity index (χ4n) is 7.41. The highest BCUT2D eigenvalue weighted by Gasteiger charge is 2.25. The van der Waals surface area contributed by atoms with Crippen LogP contribution in [0.4, 0.5) is 0 Å². The molecule has 0 rings (SSSR count). The summed E-state index contributed by atoms with van der Waals surface area (Å²) in [7, 11) is 5.41. The number of allylic oxidation sites excluding steroid dienone is 4. The molecule has 2 unspecified atom stereocenters. The van der Waals surface area contributed by atoms with Gasteiger partial charge in [0.2, 0.25) is 0 Å². The van der Waals surface area contributed by atoms with Gasteiger partial charge in [-0.3, -0.25) is 9.59 Å². The van der Waals surface area contributed by atoms with E-state index in [4.69, 9.17) is 14.2 Å². The number of carbonyl (C=O) groups is 3. The van der Waals surface area contributed by atoms with Crippen molar-refractivity contribution >= 4 is 17.9 Å². The topological polar surface area (TPSA) is 102 Å². The zero-order chi connectivity index (χ0) is 43.5. The molecule has 2 atom stereocenters. The summed E-state index contributed by atoms with van der Waals surface area (Å²) in [6.07, 6.45) is 47.8. The van der Waals surface area contributed by atoms with E-state index in [1.54, 1.807) is 21.1 Å². The molecule has 0 aliphatic rings. The largest absolute Gasteiger partial charge is 0.544 e. The van der Waals surface area contributed by atoms with Crippen molar-refractivity contribution in [3.05, 3.63) is 24.3 Å². The molecule has 0 N–H and O–H groups in total. The summed E-state index contributed by atoms with van der Waals surface area (Å²) in [5.41, 5.74) is 0. The van der Waals surface area contributed by atoms with E-state index in [0.717, 1.165) is 51.4 Å². The van der Waals surface area contributed by atoms with E-state index in [0.29, 0.717) is 12.8 Å². The number of ether oxygens (including phenoxy) is 3. The second-order valence-electron chi connectivity index (χ2n) is 18.0. The molecule has 8 nitrogen and oxygen atoms in total. The minimum Gasteiger partial charge on any atom is -0.544 e. The average molecular weight is 834 g/mol. The fourth-order valence-corrected chi connectivity index (χ4v) is 7.41. The Hall–Kier alpha value is -2.19. The van der Waals surface area contributed by atoms with Gasteiger partial charge in [0.1, 0.15) is 12.6 Å². The first kappa shape index (κ1) is 56.8. The monoisotopic (exact) mass is 834 g/mol. The first-order valence-corrected chi connectivity index (χ1v) is 24.9. The van der Waals surface area contributed by atoms with E-state index in [-0.39, 0.29) is 42.7 Å². The molecule has 0 saturated heterocycles. The summed E-state index contributed by atoms with van der Waals surface area (Å²) in [6.45, 7) is 4.65. The van der Waals surface area contributed by atoms with Crippen molar-refractivity contribution in [2.45, 2.75) is 244 Å². The fraction of sp³-hybridized carbons (Fsp3) is 0.863. The maximum atomic E-state index is 12.8. The van der Waals surface area contributed by atoms with Gasteiger partial charge in [0.25, 0.3) is 0 Å². The van der Waals surface area contributed by atoms with Crippen molar-refractivity contribution < 1.29 is 38.2 Å². The summed E-state index contributed by atoms with van der Waals surface area (Å²) < 4.78 is 17.2. The minimum atomic E-state index is -1.12. The number of quaternary nitrogens is 1. The van der Waals surface area contributed by atoms with Gasteiger partial charge in [-0.25, -0.2) is 0 Å². The number of aliphatic carboxylic acids is 1. The van der Waals surface area contributed by atoms with Crippen LogP contribution in [-0.2, 0) is 28.6 Å². The van der Waals surface area contributed by atoms with Crippen LogP contribution in [0.1, 0.15) is 232 Å². The van der Waals surface area contributed by atoms with Crippen molar-refractivity contribution in [2.75, 3.05) is 41.0 Å². The molecule has 0 aromatic carbocycles. The molecule has 0 aliphatic carbocycles. The van der Waals surface area contributed by atoms with E-state index in [1.165, 1.54) is 148 Å². The standard InChI is InChI=1S/C51H95NO7/c1-6-8-10-12-14-16-18-20-21-22-23-24-25-26-27-28-29-30-32-34-36-38-40-42-50(54)59-47(45-57-44-43-48(51(55)56)52(3,4)5)46-58-49(53)41-39-37-35-33-31-19-17-15-13-11-9-7-2/h15,17,26-27,47-48H,6-14,16,18-25,28-46H2,1-5H3/b17-15+,27-26+. The van der Waals surface area contributed by atoms with Crippen molar-refractivity contribution in [1.29, 1.82) is 0 Å². The smallest absolute Gasteiger partial charge is 0.306 e.